The maximum absolute atomic E-state index is 15.1. The van der Waals surface area contributed by atoms with Crippen molar-refractivity contribution in [3.63, 3.8) is 0 Å². The van der Waals surface area contributed by atoms with Crippen LogP contribution in [0, 0.1) is 29.2 Å². The van der Waals surface area contributed by atoms with Crippen LogP contribution in [0.3, 0.4) is 0 Å². The zero-order valence-corrected chi connectivity index (χ0v) is 20.9. The number of anilines is 1. The number of nitrogens with zero attached hydrogens (tertiary/aromatic N) is 3. The lowest BCUT2D eigenvalue weighted by Gasteiger charge is -2.24. The van der Waals surface area contributed by atoms with Crippen LogP contribution < -0.4 is 15.6 Å². The van der Waals surface area contributed by atoms with Gasteiger partial charge in [-0.1, -0.05) is 13.8 Å². The highest BCUT2D eigenvalue weighted by Gasteiger charge is 2.41. The summed E-state index contributed by atoms with van der Waals surface area (Å²) in [4.78, 5) is 31.2. The summed E-state index contributed by atoms with van der Waals surface area (Å²) in [7, 11) is 0. The van der Waals surface area contributed by atoms with Gasteiger partial charge >= 0.3 is 6.18 Å². The molecule has 3 N–H and O–H groups in total. The summed E-state index contributed by atoms with van der Waals surface area (Å²) < 4.78 is 99.6. The maximum atomic E-state index is 15.1. The molecule has 1 aliphatic heterocycles. The van der Waals surface area contributed by atoms with Crippen molar-refractivity contribution in [2.24, 2.45) is 5.92 Å². The Balaban J connectivity index is 1.96. The molecular formula is C25H23F7N4O4. The zero-order chi connectivity index (χ0) is 29.7. The van der Waals surface area contributed by atoms with Crippen LogP contribution in [-0.4, -0.2) is 63.2 Å². The molecule has 4 rings (SSSR count). The number of rotatable bonds is 6. The molecular weight excluding hydrogens is 553 g/mol. The van der Waals surface area contributed by atoms with E-state index in [-0.39, 0.29) is 25.2 Å². The fraction of sp³-hybridized carbons (Fsp3) is 0.400. The third kappa shape index (κ3) is 5.61. The first-order valence-electron chi connectivity index (χ1n) is 12.0. The Kier molecular flexibility index (Phi) is 7.82. The molecule has 0 spiro atoms. The van der Waals surface area contributed by atoms with Crippen LogP contribution in [0.1, 0.15) is 30.6 Å². The molecule has 15 heteroatoms. The van der Waals surface area contributed by atoms with Gasteiger partial charge in [-0.25, -0.2) is 22.5 Å². The van der Waals surface area contributed by atoms with Crippen molar-refractivity contribution >= 4 is 22.8 Å². The Bertz CT molecular complexity index is 1490. The Morgan fingerprint density at radius 2 is 1.62 bits per heavy atom. The second-order valence-corrected chi connectivity index (χ2v) is 9.86. The lowest BCUT2D eigenvalue weighted by Crippen LogP contribution is -2.47. The highest BCUT2D eigenvalue weighted by molar-refractivity contribution is 5.97. The van der Waals surface area contributed by atoms with Crippen LogP contribution in [0.15, 0.2) is 29.2 Å². The third-order valence-electron chi connectivity index (χ3n) is 6.35. The molecule has 1 aromatic carbocycles. The van der Waals surface area contributed by atoms with Crippen molar-refractivity contribution in [3.05, 3.63) is 63.5 Å². The monoisotopic (exact) mass is 576 g/mol. The molecule has 3 heterocycles. The van der Waals surface area contributed by atoms with E-state index in [0.29, 0.717) is 16.8 Å². The summed E-state index contributed by atoms with van der Waals surface area (Å²) in [5.74, 6) is -8.18. The van der Waals surface area contributed by atoms with E-state index >= 15 is 4.39 Å². The number of hydrogen-bond acceptors (Lipinski definition) is 6. The summed E-state index contributed by atoms with van der Waals surface area (Å²) >= 11 is 0. The zero-order valence-electron chi connectivity index (χ0n) is 20.9. The summed E-state index contributed by atoms with van der Waals surface area (Å²) in [6.45, 7) is 2.35. The number of β-amino-alcohol motifs (C(OH)–C–C–N with tert-alkyl or cyclic N) is 2. The lowest BCUT2D eigenvalue weighted by molar-refractivity contribution is -0.156. The molecule has 0 unspecified atom stereocenters. The Morgan fingerprint density at radius 1 is 1.05 bits per heavy atom. The van der Waals surface area contributed by atoms with Gasteiger partial charge in [-0.15, -0.1) is 0 Å². The van der Waals surface area contributed by atoms with Gasteiger partial charge in [0, 0.05) is 31.4 Å². The number of alkyl halides is 3. The summed E-state index contributed by atoms with van der Waals surface area (Å²) in [5, 5.41) is 20.6. The number of halogens is 7. The van der Waals surface area contributed by atoms with Gasteiger partial charge in [0.2, 0.25) is 5.43 Å². The number of pyridine rings is 2. The lowest BCUT2D eigenvalue weighted by atomic mass is 10.0. The molecule has 216 valence electrons. The largest absolute Gasteiger partial charge is 0.408 e. The fourth-order valence-electron chi connectivity index (χ4n) is 4.46. The molecule has 1 aliphatic rings. The van der Waals surface area contributed by atoms with Gasteiger partial charge in [0.05, 0.1) is 17.6 Å². The normalized spacial score (nSPS) is 18.6. The van der Waals surface area contributed by atoms with Crippen LogP contribution in [0.4, 0.5) is 36.6 Å². The summed E-state index contributed by atoms with van der Waals surface area (Å²) in [6, 6.07) is -1.25. The Hall–Kier alpha value is -3.72. The molecule has 3 atom stereocenters. The predicted octanol–water partition coefficient (Wildman–Crippen LogP) is 3.19. The van der Waals surface area contributed by atoms with Crippen molar-refractivity contribution in [2.75, 3.05) is 18.0 Å². The van der Waals surface area contributed by atoms with Crippen LogP contribution in [-0.2, 0) is 0 Å². The summed E-state index contributed by atoms with van der Waals surface area (Å²) in [5.41, 5.74) is -4.00. The van der Waals surface area contributed by atoms with Crippen molar-refractivity contribution in [2.45, 2.75) is 44.7 Å². The van der Waals surface area contributed by atoms with Gasteiger partial charge < -0.3 is 20.4 Å². The number of benzene rings is 1. The number of hydrogen-bond donors (Lipinski definition) is 3. The van der Waals surface area contributed by atoms with Crippen molar-refractivity contribution < 1.29 is 45.7 Å². The smallest absolute Gasteiger partial charge is 0.389 e. The third-order valence-corrected chi connectivity index (χ3v) is 6.35. The number of aliphatic hydroxyl groups excluding tert-OH is 2. The average molecular weight is 576 g/mol. The minimum atomic E-state index is -4.90. The minimum absolute atomic E-state index is 0.280. The van der Waals surface area contributed by atoms with Crippen LogP contribution in [0.25, 0.3) is 16.7 Å². The van der Waals surface area contributed by atoms with E-state index in [1.54, 1.807) is 5.32 Å². The SMILES string of the molecule is CC(C)C[C@@H](NC(=O)c1cn(-c2c(F)cc(F)cc2F)c2nc(N3C[C@@H](O)[C@@H](O)C3)c(F)cc2c1=O)C(F)(F)F. The first kappa shape index (κ1) is 29.3. The van der Waals surface area contributed by atoms with Gasteiger partial charge in [-0.2, -0.15) is 13.2 Å². The standard InChI is InChI=1S/C25H23F7N4O4/c1-10(2)3-19(25(30,31)32)33-24(40)13-7-36(20-14(27)4-11(26)5-15(20)28)22-12(21(13)39)6-16(29)23(34-22)35-8-17(37)18(38)9-35/h4-7,10,17-19,37-38H,3,8-9H2,1-2H3,(H,33,40)/t17-,18+,19-/m1/s1. The minimum Gasteiger partial charge on any atom is -0.389 e. The molecule has 40 heavy (non-hydrogen) atoms. The average Bonchev–Trinajstić information content (AvgIpc) is 3.16. The molecule has 1 saturated heterocycles. The van der Waals surface area contributed by atoms with Crippen LogP contribution >= 0.6 is 0 Å². The number of aromatic nitrogens is 2. The van der Waals surface area contributed by atoms with Crippen molar-refractivity contribution in [1.29, 1.82) is 0 Å². The van der Waals surface area contributed by atoms with E-state index in [9.17, 15) is 46.1 Å². The van der Waals surface area contributed by atoms with Gasteiger partial charge in [0.1, 0.15) is 23.1 Å². The highest BCUT2D eigenvalue weighted by Crippen LogP contribution is 2.29. The van der Waals surface area contributed by atoms with Crippen molar-refractivity contribution in [3.8, 4) is 5.69 Å². The van der Waals surface area contributed by atoms with E-state index in [1.807, 2.05) is 0 Å². The molecule has 0 radical (unpaired) electrons. The molecule has 2 aromatic heterocycles. The molecule has 8 nitrogen and oxygen atoms in total. The van der Waals surface area contributed by atoms with E-state index in [0.717, 1.165) is 4.90 Å². The topological polar surface area (TPSA) is 108 Å². The predicted molar refractivity (Wildman–Crippen MR) is 128 cm³/mol. The number of carbonyl (C=O) groups is 1. The van der Waals surface area contributed by atoms with E-state index in [1.165, 1.54) is 13.8 Å². The molecule has 1 amide bonds. The molecule has 0 bridgehead atoms. The van der Waals surface area contributed by atoms with E-state index in [4.69, 9.17) is 0 Å². The van der Waals surface area contributed by atoms with Gasteiger partial charge in [-0.3, -0.25) is 14.2 Å². The first-order valence-corrected chi connectivity index (χ1v) is 12.0. The Morgan fingerprint density at radius 3 is 2.15 bits per heavy atom. The van der Waals surface area contributed by atoms with Crippen LogP contribution in [0.2, 0.25) is 0 Å². The molecule has 0 aliphatic carbocycles. The van der Waals surface area contributed by atoms with Gasteiger partial charge in [-0.05, 0) is 18.4 Å². The number of aliphatic hydroxyl groups is 2. The fourth-order valence-corrected chi connectivity index (χ4v) is 4.46. The number of nitrogens with one attached hydrogen (secondary N) is 1. The number of fused-ring (bicyclic) bond motifs is 1. The second-order valence-electron chi connectivity index (χ2n) is 9.86. The molecule has 3 aromatic rings. The number of carbonyl (C=O) groups excluding carboxylic acids is 1. The van der Waals surface area contributed by atoms with E-state index in [2.05, 4.69) is 4.98 Å². The highest BCUT2D eigenvalue weighted by atomic mass is 19.4. The second kappa shape index (κ2) is 10.7. The first-order chi connectivity index (χ1) is 18.6. The van der Waals surface area contributed by atoms with Gasteiger partial charge in [0.15, 0.2) is 28.9 Å². The number of amides is 1. The van der Waals surface area contributed by atoms with Crippen molar-refractivity contribution in [1.82, 2.24) is 14.9 Å². The molecule has 0 saturated carbocycles. The maximum Gasteiger partial charge on any atom is 0.408 e. The van der Waals surface area contributed by atoms with Gasteiger partial charge in [0.25, 0.3) is 5.91 Å². The molecule has 1 fully saturated rings. The van der Waals surface area contributed by atoms with Crippen LogP contribution in [0.5, 0.6) is 0 Å². The van der Waals surface area contributed by atoms with E-state index < -0.39 is 99.5 Å². The quantitative estimate of drug-likeness (QED) is 0.390. The Labute approximate surface area is 221 Å². The summed E-state index contributed by atoms with van der Waals surface area (Å²) in [6.07, 6.45) is -7.50.